The van der Waals surface area contributed by atoms with Crippen LogP contribution in [0.25, 0.3) is 17.1 Å². The Hall–Kier alpha value is -2.02. The van der Waals surface area contributed by atoms with Gasteiger partial charge < -0.3 is 5.32 Å². The van der Waals surface area contributed by atoms with Gasteiger partial charge in [0.25, 0.3) is 0 Å². The summed E-state index contributed by atoms with van der Waals surface area (Å²) in [7, 11) is 0. The Bertz CT molecular complexity index is 944. The minimum absolute atomic E-state index is 0.0521. The number of hydrogen-bond donors (Lipinski definition) is 1. The molecule has 8 heteroatoms. The Balaban J connectivity index is 2.00. The van der Waals surface area contributed by atoms with Crippen molar-refractivity contribution in [2.24, 2.45) is 0 Å². The summed E-state index contributed by atoms with van der Waals surface area (Å²) in [5, 5.41) is 13.1. The van der Waals surface area contributed by atoms with E-state index in [0.29, 0.717) is 21.0 Å². The van der Waals surface area contributed by atoms with E-state index < -0.39 is 0 Å². The second-order valence-electron chi connectivity index (χ2n) is 6.11. The van der Waals surface area contributed by atoms with Crippen LogP contribution in [0.1, 0.15) is 13.8 Å². The van der Waals surface area contributed by atoms with E-state index in [9.17, 15) is 4.79 Å². The number of amides is 1. The fraction of sp³-hybridized carbons (Fsp3) is 0.211. The molecule has 0 unspecified atom stereocenters. The van der Waals surface area contributed by atoms with Gasteiger partial charge in [-0.15, -0.1) is 10.2 Å². The van der Waals surface area contributed by atoms with Gasteiger partial charge in [-0.05, 0) is 44.2 Å². The van der Waals surface area contributed by atoms with Crippen molar-refractivity contribution < 1.29 is 4.79 Å². The van der Waals surface area contributed by atoms with Gasteiger partial charge in [-0.1, -0.05) is 53.2 Å². The maximum absolute atomic E-state index is 12.0. The monoisotopic (exact) mass is 420 g/mol. The lowest BCUT2D eigenvalue weighted by Crippen LogP contribution is -2.31. The number of carbonyl (C=O) groups is 1. The first-order chi connectivity index (χ1) is 13.0. The van der Waals surface area contributed by atoms with E-state index in [2.05, 4.69) is 15.5 Å². The fourth-order valence-electron chi connectivity index (χ4n) is 2.51. The molecule has 0 radical (unpaired) electrons. The summed E-state index contributed by atoms with van der Waals surface area (Å²) in [6, 6.07) is 15.0. The molecule has 140 valence electrons. The van der Waals surface area contributed by atoms with Crippen molar-refractivity contribution in [1.82, 2.24) is 20.1 Å². The van der Waals surface area contributed by atoms with Gasteiger partial charge in [0.15, 0.2) is 11.0 Å². The minimum Gasteiger partial charge on any atom is -0.353 e. The molecular formula is C19H18Cl2N4OS. The summed E-state index contributed by atoms with van der Waals surface area (Å²) < 4.78 is 1.89. The molecule has 27 heavy (non-hydrogen) atoms. The van der Waals surface area contributed by atoms with Gasteiger partial charge in [0.05, 0.1) is 10.8 Å². The van der Waals surface area contributed by atoms with Crippen molar-refractivity contribution in [3.63, 3.8) is 0 Å². The number of hydrogen-bond acceptors (Lipinski definition) is 4. The lowest BCUT2D eigenvalue weighted by molar-refractivity contribution is -0.119. The first kappa shape index (κ1) is 19.7. The second kappa shape index (κ2) is 8.78. The van der Waals surface area contributed by atoms with Crippen LogP contribution in [0.15, 0.2) is 53.7 Å². The molecule has 0 aliphatic carbocycles. The van der Waals surface area contributed by atoms with Gasteiger partial charge in [-0.2, -0.15) is 0 Å². The smallest absolute Gasteiger partial charge is 0.230 e. The first-order valence-corrected chi connectivity index (χ1v) is 10.1. The van der Waals surface area contributed by atoms with E-state index >= 15 is 0 Å². The molecule has 0 bridgehead atoms. The van der Waals surface area contributed by atoms with Crippen LogP contribution in [0.5, 0.6) is 0 Å². The van der Waals surface area contributed by atoms with E-state index in [1.54, 1.807) is 12.1 Å². The van der Waals surface area contributed by atoms with Crippen LogP contribution < -0.4 is 5.32 Å². The third-order valence-corrected chi connectivity index (χ3v) is 5.08. The summed E-state index contributed by atoms with van der Waals surface area (Å²) >= 11 is 13.7. The molecule has 0 atom stereocenters. The van der Waals surface area contributed by atoms with Crippen LogP contribution in [0.4, 0.5) is 0 Å². The number of nitrogens with one attached hydrogen (secondary N) is 1. The summed E-state index contributed by atoms with van der Waals surface area (Å²) in [5.74, 6) is 0.788. The summed E-state index contributed by atoms with van der Waals surface area (Å²) in [6.45, 7) is 3.85. The number of benzene rings is 2. The standard InChI is InChI=1S/C19H18Cl2N4OS/c1-12(2)22-17(26)11-27-19-24-23-18(15-9-8-13(20)10-16(15)21)25(19)14-6-4-3-5-7-14/h3-10,12H,11H2,1-2H3,(H,22,26). The number of carbonyl (C=O) groups excluding carboxylic acids is 1. The molecule has 0 aliphatic heterocycles. The van der Waals surface area contributed by atoms with E-state index in [0.717, 1.165) is 11.3 Å². The number of rotatable bonds is 6. The van der Waals surface area contributed by atoms with Crippen molar-refractivity contribution >= 4 is 40.9 Å². The van der Waals surface area contributed by atoms with Crippen LogP contribution in [0.3, 0.4) is 0 Å². The molecular weight excluding hydrogens is 403 g/mol. The van der Waals surface area contributed by atoms with E-state index in [1.165, 1.54) is 11.8 Å². The van der Waals surface area contributed by atoms with Gasteiger partial charge in [0.1, 0.15) is 0 Å². The van der Waals surface area contributed by atoms with Crippen LogP contribution in [-0.2, 0) is 4.79 Å². The number of thioether (sulfide) groups is 1. The molecule has 0 aliphatic rings. The third-order valence-electron chi connectivity index (χ3n) is 3.60. The molecule has 0 fully saturated rings. The van der Waals surface area contributed by atoms with E-state index in [1.807, 2.05) is 54.8 Å². The highest BCUT2D eigenvalue weighted by Gasteiger charge is 2.19. The zero-order valence-corrected chi connectivity index (χ0v) is 17.1. The largest absolute Gasteiger partial charge is 0.353 e. The molecule has 1 amide bonds. The summed E-state index contributed by atoms with van der Waals surface area (Å²) in [4.78, 5) is 12.0. The zero-order valence-electron chi connectivity index (χ0n) is 14.8. The second-order valence-corrected chi connectivity index (χ2v) is 7.90. The van der Waals surface area contributed by atoms with Gasteiger partial charge in [-0.3, -0.25) is 9.36 Å². The highest BCUT2D eigenvalue weighted by molar-refractivity contribution is 7.99. The van der Waals surface area contributed by atoms with Crippen LogP contribution in [0, 0.1) is 0 Å². The highest BCUT2D eigenvalue weighted by atomic mass is 35.5. The van der Waals surface area contributed by atoms with Crippen LogP contribution in [0.2, 0.25) is 10.0 Å². The highest BCUT2D eigenvalue weighted by Crippen LogP contribution is 2.33. The number of nitrogens with zero attached hydrogens (tertiary/aromatic N) is 3. The van der Waals surface area contributed by atoms with Crippen molar-refractivity contribution in [2.75, 3.05) is 5.75 Å². The number of aromatic nitrogens is 3. The van der Waals surface area contributed by atoms with Crippen LogP contribution >= 0.6 is 35.0 Å². The van der Waals surface area contributed by atoms with Crippen LogP contribution in [-0.4, -0.2) is 32.5 Å². The van der Waals surface area contributed by atoms with Gasteiger partial charge >= 0.3 is 0 Å². The number of para-hydroxylation sites is 1. The summed E-state index contributed by atoms with van der Waals surface area (Å²) in [6.07, 6.45) is 0. The molecule has 5 nitrogen and oxygen atoms in total. The Morgan fingerprint density at radius 3 is 2.56 bits per heavy atom. The molecule has 2 aromatic carbocycles. The van der Waals surface area contributed by atoms with Gasteiger partial charge in [0.2, 0.25) is 5.91 Å². The third kappa shape index (κ3) is 4.83. The maximum atomic E-state index is 12.0. The van der Waals surface area contributed by atoms with E-state index in [-0.39, 0.29) is 17.7 Å². The molecule has 0 saturated heterocycles. The Morgan fingerprint density at radius 2 is 1.89 bits per heavy atom. The van der Waals surface area contributed by atoms with Gasteiger partial charge in [0, 0.05) is 22.3 Å². The lowest BCUT2D eigenvalue weighted by atomic mass is 10.2. The fourth-order valence-corrected chi connectivity index (χ4v) is 3.77. The van der Waals surface area contributed by atoms with E-state index in [4.69, 9.17) is 23.2 Å². The Kier molecular flexibility index (Phi) is 6.42. The molecule has 0 spiro atoms. The minimum atomic E-state index is -0.0521. The average molecular weight is 421 g/mol. The first-order valence-electron chi connectivity index (χ1n) is 8.34. The molecule has 3 aromatic rings. The van der Waals surface area contributed by atoms with Crippen molar-refractivity contribution in [2.45, 2.75) is 25.0 Å². The SMILES string of the molecule is CC(C)NC(=O)CSc1nnc(-c2ccc(Cl)cc2Cl)n1-c1ccccc1. The van der Waals surface area contributed by atoms with Gasteiger partial charge in [-0.25, -0.2) is 0 Å². The van der Waals surface area contributed by atoms with Crippen molar-refractivity contribution in [1.29, 1.82) is 0 Å². The maximum Gasteiger partial charge on any atom is 0.230 e. The summed E-state index contributed by atoms with van der Waals surface area (Å²) in [5.41, 5.74) is 1.60. The quantitative estimate of drug-likeness (QED) is 0.578. The Labute approximate surface area is 172 Å². The average Bonchev–Trinajstić information content (AvgIpc) is 3.04. The number of halogens is 2. The Morgan fingerprint density at radius 1 is 1.15 bits per heavy atom. The van der Waals surface area contributed by atoms with Crippen molar-refractivity contribution in [3.05, 3.63) is 58.6 Å². The molecule has 1 aromatic heterocycles. The topological polar surface area (TPSA) is 59.8 Å². The molecule has 1 N–H and O–H groups in total. The molecule has 0 saturated carbocycles. The lowest BCUT2D eigenvalue weighted by Gasteiger charge is -2.12. The normalized spacial score (nSPS) is 11.0. The van der Waals surface area contributed by atoms with Crippen molar-refractivity contribution in [3.8, 4) is 17.1 Å². The predicted octanol–water partition coefficient (Wildman–Crippen LogP) is 4.86. The molecule has 1 heterocycles. The molecule has 3 rings (SSSR count). The predicted molar refractivity (Wildman–Crippen MR) is 111 cm³/mol. The zero-order chi connectivity index (χ0) is 19.4.